The number of rotatable bonds is 5. The fraction of sp³-hybridized carbons (Fsp3) is 0.238. The van der Waals surface area contributed by atoms with Gasteiger partial charge < -0.3 is 0 Å². The predicted octanol–water partition coefficient (Wildman–Crippen LogP) is 4.12. The van der Waals surface area contributed by atoms with Crippen LogP contribution in [0.15, 0.2) is 59.5 Å². The maximum atomic E-state index is 12.9. The van der Waals surface area contributed by atoms with E-state index in [2.05, 4.69) is 10.3 Å². The first-order valence-corrected chi connectivity index (χ1v) is 11.7. The molecule has 4 rings (SSSR count). The van der Waals surface area contributed by atoms with Crippen molar-refractivity contribution in [1.82, 2.24) is 9.29 Å². The number of fused-ring (bicyclic) bond motifs is 1. The summed E-state index contributed by atoms with van der Waals surface area (Å²) in [7, 11) is -3.49. The zero-order chi connectivity index (χ0) is 20.3. The summed E-state index contributed by atoms with van der Waals surface area (Å²) in [5.41, 5.74) is 1.59. The number of amides is 1. The first kappa shape index (κ1) is 19.8. The van der Waals surface area contributed by atoms with E-state index < -0.39 is 10.0 Å². The number of thiazole rings is 1. The Bertz CT molecular complexity index is 1150. The highest BCUT2D eigenvalue weighted by molar-refractivity contribution is 7.89. The number of nitrogens with one attached hydrogen (secondary N) is 1. The molecule has 1 aliphatic heterocycles. The van der Waals surface area contributed by atoms with Gasteiger partial charge in [-0.2, -0.15) is 4.31 Å². The highest BCUT2D eigenvalue weighted by Gasteiger charge is 2.26. The van der Waals surface area contributed by atoms with E-state index in [1.54, 1.807) is 28.6 Å². The Morgan fingerprint density at radius 3 is 2.59 bits per heavy atom. The minimum absolute atomic E-state index is 0.275. The number of sulfonamides is 1. The van der Waals surface area contributed by atoms with Gasteiger partial charge in [0.25, 0.3) is 0 Å². The lowest BCUT2D eigenvalue weighted by atomic mass is 10.2. The molecule has 0 aliphatic carbocycles. The molecular weight excluding hydrogens is 406 g/mol. The Labute approximate surface area is 173 Å². The Morgan fingerprint density at radius 1 is 1.07 bits per heavy atom. The third-order valence-corrected chi connectivity index (χ3v) is 7.60. The third kappa shape index (κ3) is 4.55. The van der Waals surface area contributed by atoms with Crippen molar-refractivity contribution >= 4 is 48.7 Å². The maximum absolute atomic E-state index is 12.9. The van der Waals surface area contributed by atoms with Crippen LogP contribution in [0.1, 0.15) is 24.8 Å². The minimum Gasteiger partial charge on any atom is -0.298 e. The van der Waals surface area contributed by atoms with Crippen molar-refractivity contribution in [1.29, 1.82) is 0 Å². The van der Waals surface area contributed by atoms with Crippen molar-refractivity contribution in [2.45, 2.75) is 24.2 Å². The Hall–Kier alpha value is -2.55. The monoisotopic (exact) mass is 427 g/mol. The van der Waals surface area contributed by atoms with Crippen molar-refractivity contribution in [2.24, 2.45) is 0 Å². The molecule has 0 atom stereocenters. The molecule has 2 aromatic carbocycles. The summed E-state index contributed by atoms with van der Waals surface area (Å²) in [5, 5.41) is 3.19. The van der Waals surface area contributed by atoms with Crippen LogP contribution >= 0.6 is 11.3 Å². The molecule has 0 spiro atoms. The van der Waals surface area contributed by atoms with Crippen LogP contribution in [0.25, 0.3) is 16.3 Å². The van der Waals surface area contributed by atoms with Crippen LogP contribution in [-0.4, -0.2) is 36.7 Å². The first-order chi connectivity index (χ1) is 14.0. The molecule has 150 valence electrons. The zero-order valence-electron chi connectivity index (χ0n) is 15.7. The van der Waals surface area contributed by atoms with Crippen molar-refractivity contribution in [2.75, 3.05) is 18.4 Å². The maximum Gasteiger partial charge on any atom is 0.250 e. The molecule has 0 bridgehead atoms. The SMILES string of the molecule is O=C(C=Cc1ccccc1)Nc1nc2ccc(S(=O)(=O)N3CCCCC3)cc2s1. The fourth-order valence-corrected chi connectivity index (χ4v) is 5.78. The van der Waals surface area contributed by atoms with E-state index in [-0.39, 0.29) is 10.8 Å². The average molecular weight is 428 g/mol. The molecule has 29 heavy (non-hydrogen) atoms. The van der Waals surface area contributed by atoms with Crippen LogP contribution in [0.4, 0.5) is 5.13 Å². The van der Waals surface area contributed by atoms with Crippen LogP contribution in [0.5, 0.6) is 0 Å². The van der Waals surface area contributed by atoms with E-state index in [4.69, 9.17) is 0 Å². The van der Waals surface area contributed by atoms with Gasteiger partial charge in [0.2, 0.25) is 15.9 Å². The van der Waals surface area contributed by atoms with E-state index in [1.165, 1.54) is 17.4 Å². The quantitative estimate of drug-likeness (QED) is 0.621. The molecular formula is C21H21N3O3S2. The van der Waals surface area contributed by atoms with Gasteiger partial charge >= 0.3 is 0 Å². The smallest absolute Gasteiger partial charge is 0.250 e. The molecule has 1 N–H and O–H groups in total. The van der Waals surface area contributed by atoms with Gasteiger partial charge in [-0.1, -0.05) is 48.1 Å². The molecule has 6 nitrogen and oxygen atoms in total. The summed E-state index contributed by atoms with van der Waals surface area (Å²) < 4.78 is 28.0. The van der Waals surface area contributed by atoms with E-state index in [9.17, 15) is 13.2 Å². The second-order valence-corrected chi connectivity index (χ2v) is 9.82. The lowest BCUT2D eigenvalue weighted by Crippen LogP contribution is -2.35. The van der Waals surface area contributed by atoms with Gasteiger partial charge in [0.05, 0.1) is 15.1 Å². The summed E-state index contributed by atoms with van der Waals surface area (Å²) in [5.74, 6) is -0.283. The highest BCUT2D eigenvalue weighted by Crippen LogP contribution is 2.30. The number of hydrogen-bond donors (Lipinski definition) is 1. The fourth-order valence-electron chi connectivity index (χ4n) is 3.26. The molecule has 3 aromatic rings. The number of nitrogens with zero attached hydrogens (tertiary/aromatic N) is 2. The normalized spacial score (nSPS) is 15.7. The minimum atomic E-state index is -3.49. The summed E-state index contributed by atoms with van der Waals surface area (Å²) in [4.78, 5) is 16.8. The summed E-state index contributed by atoms with van der Waals surface area (Å²) in [6, 6.07) is 14.5. The van der Waals surface area contributed by atoms with Crippen LogP contribution < -0.4 is 5.32 Å². The van der Waals surface area contributed by atoms with Gasteiger partial charge in [0.1, 0.15) is 0 Å². The van der Waals surface area contributed by atoms with Gasteiger partial charge in [-0.05, 0) is 42.7 Å². The Balaban J connectivity index is 1.51. The first-order valence-electron chi connectivity index (χ1n) is 9.47. The number of carbonyl (C=O) groups is 1. The summed E-state index contributed by atoms with van der Waals surface area (Å²) in [6.07, 6.45) is 6.05. The standard InChI is InChI=1S/C21H21N3O3S2/c25-20(12-9-16-7-3-1-4-8-16)23-21-22-18-11-10-17(15-19(18)28-21)29(26,27)24-13-5-2-6-14-24/h1,3-4,7-12,15H,2,5-6,13-14H2,(H,22,23,25). The van der Waals surface area contributed by atoms with Crippen molar-refractivity contribution in [3.8, 4) is 0 Å². The van der Waals surface area contributed by atoms with Crippen LogP contribution in [0.3, 0.4) is 0 Å². The number of hydrogen-bond acceptors (Lipinski definition) is 5. The van der Waals surface area contributed by atoms with Gasteiger partial charge in [-0.3, -0.25) is 10.1 Å². The lowest BCUT2D eigenvalue weighted by molar-refractivity contribution is -0.111. The van der Waals surface area contributed by atoms with Gasteiger partial charge in [0.15, 0.2) is 5.13 Å². The second kappa shape index (κ2) is 8.44. The van der Waals surface area contributed by atoms with Crippen molar-refractivity contribution in [3.05, 3.63) is 60.2 Å². The van der Waals surface area contributed by atoms with E-state index in [1.807, 2.05) is 30.3 Å². The number of piperidine rings is 1. The molecule has 0 radical (unpaired) electrons. The molecule has 8 heteroatoms. The lowest BCUT2D eigenvalue weighted by Gasteiger charge is -2.25. The predicted molar refractivity (Wildman–Crippen MR) is 116 cm³/mol. The van der Waals surface area contributed by atoms with Crippen molar-refractivity contribution in [3.63, 3.8) is 0 Å². The highest BCUT2D eigenvalue weighted by atomic mass is 32.2. The van der Waals surface area contributed by atoms with Gasteiger partial charge in [-0.25, -0.2) is 13.4 Å². The molecule has 2 heterocycles. The third-order valence-electron chi connectivity index (χ3n) is 4.77. The average Bonchev–Trinajstić information content (AvgIpc) is 3.15. The zero-order valence-corrected chi connectivity index (χ0v) is 17.4. The van der Waals surface area contributed by atoms with Gasteiger partial charge in [0, 0.05) is 19.2 Å². The van der Waals surface area contributed by atoms with Crippen LogP contribution in [-0.2, 0) is 14.8 Å². The van der Waals surface area contributed by atoms with Crippen LogP contribution in [0.2, 0.25) is 0 Å². The molecule has 1 aliphatic rings. The largest absolute Gasteiger partial charge is 0.298 e. The van der Waals surface area contributed by atoms with Crippen LogP contribution in [0, 0.1) is 0 Å². The number of anilines is 1. The Morgan fingerprint density at radius 2 is 1.83 bits per heavy atom. The molecule has 1 fully saturated rings. The molecule has 1 saturated heterocycles. The van der Waals surface area contributed by atoms with E-state index in [0.717, 1.165) is 29.5 Å². The number of benzene rings is 2. The topological polar surface area (TPSA) is 79.4 Å². The summed E-state index contributed by atoms with van der Waals surface area (Å²) in [6.45, 7) is 1.14. The van der Waals surface area contributed by atoms with Gasteiger partial charge in [-0.15, -0.1) is 0 Å². The van der Waals surface area contributed by atoms with E-state index in [0.29, 0.717) is 23.7 Å². The molecule has 1 aromatic heterocycles. The van der Waals surface area contributed by atoms with Crippen molar-refractivity contribution < 1.29 is 13.2 Å². The second-order valence-electron chi connectivity index (χ2n) is 6.85. The Kier molecular flexibility index (Phi) is 5.75. The molecule has 0 unspecified atom stereocenters. The number of carbonyl (C=O) groups excluding carboxylic acids is 1. The van der Waals surface area contributed by atoms with E-state index >= 15 is 0 Å². The summed E-state index contributed by atoms with van der Waals surface area (Å²) >= 11 is 1.26. The molecule has 1 amide bonds. The molecule has 0 saturated carbocycles. The number of aromatic nitrogens is 1.